The highest BCUT2D eigenvalue weighted by atomic mass is 32.1. The van der Waals surface area contributed by atoms with E-state index in [0.29, 0.717) is 13.0 Å². The van der Waals surface area contributed by atoms with E-state index in [1.807, 2.05) is 4.90 Å². The Morgan fingerprint density at radius 2 is 2.00 bits per heavy atom. The van der Waals surface area contributed by atoms with Crippen LogP contribution in [0.25, 0.3) is 0 Å². The molecule has 1 unspecified atom stereocenters. The van der Waals surface area contributed by atoms with Crippen LogP contribution in [0.3, 0.4) is 0 Å². The molecule has 0 radical (unpaired) electrons. The summed E-state index contributed by atoms with van der Waals surface area (Å²) in [5.41, 5.74) is 1.17. The third-order valence-electron chi connectivity index (χ3n) is 4.36. The molecule has 0 bridgehead atoms. The molecule has 124 valence electrons. The molecule has 1 atom stereocenters. The summed E-state index contributed by atoms with van der Waals surface area (Å²) in [4.78, 5) is 16.5. The number of β-amino-alcohol motifs (C(OH)–C–C–N with tert-alkyl or cyclic N) is 1. The van der Waals surface area contributed by atoms with Gasteiger partial charge in [-0.05, 0) is 34.2 Å². The Bertz CT molecular complexity index is 460. The minimum atomic E-state index is -0.326. The van der Waals surface area contributed by atoms with Crippen molar-refractivity contribution in [1.29, 1.82) is 0 Å². The van der Waals surface area contributed by atoms with Gasteiger partial charge in [0.15, 0.2) is 0 Å². The molecule has 0 spiro atoms. The van der Waals surface area contributed by atoms with Crippen LogP contribution in [-0.2, 0) is 11.2 Å². The predicted molar refractivity (Wildman–Crippen MR) is 91.1 cm³/mol. The van der Waals surface area contributed by atoms with Crippen LogP contribution in [-0.4, -0.2) is 59.6 Å². The molecular formula is C17H28N2O2S. The number of thiophene rings is 1. The van der Waals surface area contributed by atoms with Gasteiger partial charge >= 0.3 is 0 Å². The van der Waals surface area contributed by atoms with Gasteiger partial charge in [-0.15, -0.1) is 0 Å². The Morgan fingerprint density at radius 3 is 2.55 bits per heavy atom. The molecule has 1 fully saturated rings. The van der Waals surface area contributed by atoms with Crippen molar-refractivity contribution in [2.75, 3.05) is 32.7 Å². The van der Waals surface area contributed by atoms with Crippen LogP contribution in [0, 0.1) is 5.41 Å². The van der Waals surface area contributed by atoms with Gasteiger partial charge in [-0.2, -0.15) is 11.3 Å². The van der Waals surface area contributed by atoms with Gasteiger partial charge in [-0.3, -0.25) is 9.69 Å². The van der Waals surface area contributed by atoms with Crippen molar-refractivity contribution in [3.63, 3.8) is 0 Å². The lowest BCUT2D eigenvalue weighted by atomic mass is 9.89. The van der Waals surface area contributed by atoms with Crippen LogP contribution in [0.2, 0.25) is 0 Å². The Morgan fingerprint density at radius 1 is 1.32 bits per heavy atom. The van der Waals surface area contributed by atoms with Crippen LogP contribution in [0.5, 0.6) is 0 Å². The average molecular weight is 324 g/mol. The van der Waals surface area contributed by atoms with E-state index in [1.165, 1.54) is 5.56 Å². The lowest BCUT2D eigenvalue weighted by molar-refractivity contribution is -0.133. The minimum Gasteiger partial charge on any atom is -0.391 e. The minimum absolute atomic E-state index is 0.0898. The van der Waals surface area contributed by atoms with Gasteiger partial charge in [0.25, 0.3) is 0 Å². The fourth-order valence-electron chi connectivity index (χ4n) is 2.54. The SMILES string of the molecule is CC(C)(C)C(O)CN1CCN(C(=O)CCc2ccsc2)CC1. The van der Waals surface area contributed by atoms with E-state index < -0.39 is 0 Å². The highest BCUT2D eigenvalue weighted by Gasteiger charge is 2.27. The highest BCUT2D eigenvalue weighted by molar-refractivity contribution is 7.07. The van der Waals surface area contributed by atoms with E-state index in [0.717, 1.165) is 32.6 Å². The van der Waals surface area contributed by atoms with Crippen molar-refractivity contribution in [1.82, 2.24) is 9.80 Å². The second-order valence-corrected chi connectivity index (χ2v) is 7.97. The largest absolute Gasteiger partial charge is 0.391 e. The van der Waals surface area contributed by atoms with Crippen molar-refractivity contribution < 1.29 is 9.90 Å². The molecule has 22 heavy (non-hydrogen) atoms. The lowest BCUT2D eigenvalue weighted by Crippen LogP contribution is -2.51. The van der Waals surface area contributed by atoms with Crippen molar-refractivity contribution in [3.8, 4) is 0 Å². The molecule has 2 rings (SSSR count). The smallest absolute Gasteiger partial charge is 0.222 e. The molecule has 1 aliphatic heterocycles. The fraction of sp³-hybridized carbons (Fsp3) is 0.706. The molecule has 0 aromatic carbocycles. The molecule has 1 N–H and O–H groups in total. The van der Waals surface area contributed by atoms with Crippen molar-refractivity contribution >= 4 is 17.2 Å². The van der Waals surface area contributed by atoms with Gasteiger partial charge in [-0.25, -0.2) is 0 Å². The zero-order valence-corrected chi connectivity index (χ0v) is 14.7. The molecule has 0 saturated carbocycles. The number of amides is 1. The molecule has 5 heteroatoms. The molecule has 4 nitrogen and oxygen atoms in total. The third kappa shape index (κ3) is 5.07. The number of carbonyl (C=O) groups is 1. The summed E-state index contributed by atoms with van der Waals surface area (Å²) in [6.07, 6.45) is 1.11. The maximum Gasteiger partial charge on any atom is 0.222 e. The summed E-state index contributed by atoms with van der Waals surface area (Å²) in [5.74, 6) is 0.252. The van der Waals surface area contributed by atoms with Gasteiger partial charge < -0.3 is 10.0 Å². The van der Waals surface area contributed by atoms with Gasteiger partial charge in [0.2, 0.25) is 5.91 Å². The zero-order chi connectivity index (χ0) is 16.2. The molecule has 0 aliphatic carbocycles. The Labute approximate surface area is 137 Å². The molecule has 1 aliphatic rings. The van der Waals surface area contributed by atoms with E-state index >= 15 is 0 Å². The maximum absolute atomic E-state index is 12.2. The van der Waals surface area contributed by atoms with Crippen molar-refractivity contribution in [2.24, 2.45) is 5.41 Å². The van der Waals surface area contributed by atoms with E-state index in [4.69, 9.17) is 0 Å². The molecular weight excluding hydrogens is 296 g/mol. The fourth-order valence-corrected chi connectivity index (χ4v) is 3.25. The van der Waals surface area contributed by atoms with Crippen LogP contribution in [0.15, 0.2) is 16.8 Å². The number of rotatable bonds is 5. The first kappa shape index (κ1) is 17.4. The molecule has 2 heterocycles. The monoisotopic (exact) mass is 324 g/mol. The summed E-state index contributed by atoms with van der Waals surface area (Å²) in [5, 5.41) is 14.3. The molecule has 1 amide bonds. The number of hydrogen-bond acceptors (Lipinski definition) is 4. The Balaban J connectivity index is 1.71. The average Bonchev–Trinajstić information content (AvgIpc) is 2.98. The molecule has 1 aromatic heterocycles. The number of nitrogens with zero attached hydrogens (tertiary/aromatic N) is 2. The predicted octanol–water partition coefficient (Wildman–Crippen LogP) is 2.23. The van der Waals surface area contributed by atoms with Gasteiger partial charge in [-0.1, -0.05) is 20.8 Å². The maximum atomic E-state index is 12.2. The second-order valence-electron chi connectivity index (χ2n) is 7.19. The Kier molecular flexibility index (Phi) is 6.01. The molecule has 1 aromatic rings. The molecule has 1 saturated heterocycles. The Hall–Kier alpha value is -0.910. The first-order chi connectivity index (χ1) is 10.4. The number of aliphatic hydroxyl groups is 1. The first-order valence-corrected chi connectivity index (χ1v) is 9.00. The van der Waals surface area contributed by atoms with E-state index in [1.54, 1.807) is 11.3 Å². The topological polar surface area (TPSA) is 43.8 Å². The second kappa shape index (κ2) is 7.57. The zero-order valence-electron chi connectivity index (χ0n) is 13.9. The van der Waals surface area contributed by atoms with Gasteiger partial charge in [0.05, 0.1) is 6.10 Å². The third-order valence-corrected chi connectivity index (χ3v) is 5.10. The van der Waals surface area contributed by atoms with E-state index in [-0.39, 0.29) is 17.4 Å². The highest BCUT2D eigenvalue weighted by Crippen LogP contribution is 2.20. The quantitative estimate of drug-likeness (QED) is 0.903. The van der Waals surface area contributed by atoms with Crippen LogP contribution in [0.4, 0.5) is 0 Å². The van der Waals surface area contributed by atoms with E-state index in [9.17, 15) is 9.90 Å². The van der Waals surface area contributed by atoms with Crippen molar-refractivity contribution in [3.05, 3.63) is 22.4 Å². The van der Waals surface area contributed by atoms with Crippen molar-refractivity contribution in [2.45, 2.75) is 39.7 Å². The first-order valence-electron chi connectivity index (χ1n) is 8.05. The standard InChI is InChI=1S/C17H28N2O2S/c1-17(2,3)15(20)12-18-7-9-19(10-8-18)16(21)5-4-14-6-11-22-13-14/h6,11,13,15,20H,4-5,7-10,12H2,1-3H3. The van der Waals surface area contributed by atoms with E-state index in [2.05, 4.69) is 42.5 Å². The van der Waals surface area contributed by atoms with Gasteiger partial charge in [0.1, 0.15) is 0 Å². The van der Waals surface area contributed by atoms with Crippen LogP contribution in [0.1, 0.15) is 32.8 Å². The number of piperazine rings is 1. The summed E-state index contributed by atoms with van der Waals surface area (Å²) in [6.45, 7) is 10.1. The number of hydrogen-bond donors (Lipinski definition) is 1. The van der Waals surface area contributed by atoms with Crippen LogP contribution >= 0.6 is 11.3 Å². The summed E-state index contributed by atoms with van der Waals surface area (Å²) < 4.78 is 0. The summed E-state index contributed by atoms with van der Waals surface area (Å²) in [6, 6.07) is 2.09. The normalized spacial score (nSPS) is 18.5. The summed E-state index contributed by atoms with van der Waals surface area (Å²) >= 11 is 1.68. The number of aliphatic hydroxyl groups excluding tert-OH is 1. The van der Waals surface area contributed by atoms with Gasteiger partial charge in [0, 0.05) is 39.1 Å². The lowest BCUT2D eigenvalue weighted by Gasteiger charge is -2.38. The summed E-state index contributed by atoms with van der Waals surface area (Å²) in [7, 11) is 0. The number of aryl methyl sites for hydroxylation is 1. The van der Waals surface area contributed by atoms with Crippen LogP contribution < -0.4 is 0 Å². The number of carbonyl (C=O) groups excluding carboxylic acids is 1.